The molecular weight excluding hydrogens is 370 g/mol. The van der Waals surface area contributed by atoms with Crippen molar-refractivity contribution in [2.45, 2.75) is 17.7 Å². The predicted molar refractivity (Wildman–Crippen MR) is 99.2 cm³/mol. The Balaban J connectivity index is 1.70. The Morgan fingerprint density at radius 1 is 1.04 bits per heavy atom. The topological polar surface area (TPSA) is 119 Å². The summed E-state index contributed by atoms with van der Waals surface area (Å²) in [5, 5.41) is 7.85. The Hall–Kier alpha value is -2.23. The molecule has 2 amide bonds. The molecular formula is C18H23N3O5S. The molecule has 146 valence electrons. The second-order valence-corrected chi connectivity index (χ2v) is 8.21. The van der Waals surface area contributed by atoms with Crippen LogP contribution in [0.3, 0.4) is 0 Å². The second kappa shape index (κ2) is 8.20. The molecule has 1 aliphatic heterocycles. The molecule has 3 rings (SSSR count). The molecule has 9 heteroatoms. The summed E-state index contributed by atoms with van der Waals surface area (Å²) in [5.74, 6) is -1.15. The van der Waals surface area contributed by atoms with E-state index in [1.165, 1.54) is 24.3 Å². The third-order valence-electron chi connectivity index (χ3n) is 4.86. The maximum Gasteiger partial charge on any atom is 0.238 e. The van der Waals surface area contributed by atoms with Crippen molar-refractivity contribution in [3.63, 3.8) is 0 Å². The molecule has 0 radical (unpaired) electrons. The van der Waals surface area contributed by atoms with Crippen LogP contribution in [-0.4, -0.2) is 51.4 Å². The zero-order valence-corrected chi connectivity index (χ0v) is 15.7. The number of morpholine rings is 1. The number of sulfonamides is 1. The van der Waals surface area contributed by atoms with Crippen molar-refractivity contribution in [3.05, 3.63) is 36.4 Å². The van der Waals surface area contributed by atoms with Gasteiger partial charge in [-0.3, -0.25) is 9.59 Å². The van der Waals surface area contributed by atoms with Crippen molar-refractivity contribution in [3.8, 4) is 0 Å². The fraction of sp³-hybridized carbons (Fsp3) is 0.444. The minimum Gasteiger partial charge on any atom is -0.378 e. The number of ether oxygens (including phenoxy) is 1. The Morgan fingerprint density at radius 3 is 2.22 bits per heavy atom. The summed E-state index contributed by atoms with van der Waals surface area (Å²) in [6, 6.07) is 5.63. The number of nitrogens with zero attached hydrogens (tertiary/aromatic N) is 1. The number of amides is 2. The molecule has 8 nitrogen and oxygen atoms in total. The van der Waals surface area contributed by atoms with Crippen molar-refractivity contribution in [1.29, 1.82) is 0 Å². The zero-order valence-electron chi connectivity index (χ0n) is 14.8. The van der Waals surface area contributed by atoms with E-state index < -0.39 is 21.9 Å². The average Bonchev–Trinajstić information content (AvgIpc) is 2.68. The van der Waals surface area contributed by atoms with Gasteiger partial charge >= 0.3 is 0 Å². The summed E-state index contributed by atoms with van der Waals surface area (Å²) >= 11 is 0. The van der Waals surface area contributed by atoms with Gasteiger partial charge in [-0.25, -0.2) is 13.6 Å². The van der Waals surface area contributed by atoms with Crippen LogP contribution in [0.5, 0.6) is 0 Å². The number of carbonyl (C=O) groups excluding carboxylic acids is 2. The number of hydrogen-bond donors (Lipinski definition) is 2. The van der Waals surface area contributed by atoms with E-state index in [4.69, 9.17) is 9.88 Å². The van der Waals surface area contributed by atoms with Crippen molar-refractivity contribution in [2.75, 3.05) is 31.6 Å². The number of nitrogens with one attached hydrogen (secondary N) is 1. The van der Waals surface area contributed by atoms with Crippen LogP contribution >= 0.6 is 0 Å². The minimum absolute atomic E-state index is 0.0210. The lowest BCUT2D eigenvalue weighted by Crippen LogP contribution is -2.47. The highest BCUT2D eigenvalue weighted by Crippen LogP contribution is 2.29. The van der Waals surface area contributed by atoms with E-state index in [-0.39, 0.29) is 16.7 Å². The SMILES string of the molecule is NS(=O)(=O)c1ccc(NC(=O)[C@@H]2CC=CC[C@@H]2C(=O)N2CCOCC2)cc1. The fourth-order valence-corrected chi connectivity index (χ4v) is 3.87. The van der Waals surface area contributed by atoms with E-state index in [0.717, 1.165) is 0 Å². The lowest BCUT2D eigenvalue weighted by molar-refractivity contribution is -0.144. The molecule has 2 atom stereocenters. The second-order valence-electron chi connectivity index (χ2n) is 6.65. The molecule has 3 N–H and O–H groups in total. The third-order valence-corrected chi connectivity index (χ3v) is 5.79. The summed E-state index contributed by atoms with van der Waals surface area (Å²) in [7, 11) is -3.78. The molecule has 1 aliphatic carbocycles. The van der Waals surface area contributed by atoms with Gasteiger partial charge in [0.05, 0.1) is 29.9 Å². The number of rotatable bonds is 4. The summed E-state index contributed by atoms with van der Waals surface area (Å²) in [6.45, 7) is 2.12. The first-order chi connectivity index (χ1) is 12.9. The molecule has 0 spiro atoms. The van der Waals surface area contributed by atoms with Crippen LogP contribution in [0.1, 0.15) is 12.8 Å². The van der Waals surface area contributed by atoms with E-state index in [0.29, 0.717) is 44.8 Å². The van der Waals surface area contributed by atoms with Crippen LogP contribution in [0.15, 0.2) is 41.3 Å². The predicted octanol–water partition coefficient (Wildman–Crippen LogP) is 0.714. The number of allylic oxidation sites excluding steroid dienone is 2. The Labute approximate surface area is 158 Å². The molecule has 1 heterocycles. The van der Waals surface area contributed by atoms with Gasteiger partial charge in [0.2, 0.25) is 21.8 Å². The van der Waals surface area contributed by atoms with Gasteiger partial charge in [-0.2, -0.15) is 0 Å². The standard InChI is InChI=1S/C18H23N3O5S/c19-27(24,25)14-7-5-13(6-8-14)20-17(22)15-3-1-2-4-16(15)18(23)21-9-11-26-12-10-21/h1-2,5-8,15-16H,3-4,9-12H2,(H,20,22)(H2,19,24,25)/t15-,16+/m1/s1. The van der Waals surface area contributed by atoms with Crippen LogP contribution in [-0.2, 0) is 24.3 Å². The van der Waals surface area contributed by atoms with Gasteiger partial charge in [0.15, 0.2) is 0 Å². The monoisotopic (exact) mass is 393 g/mol. The number of anilines is 1. The molecule has 2 aliphatic rings. The Bertz CT molecular complexity index is 829. The van der Waals surface area contributed by atoms with Gasteiger partial charge in [0.25, 0.3) is 0 Å². The van der Waals surface area contributed by atoms with E-state index >= 15 is 0 Å². The third kappa shape index (κ3) is 4.74. The number of nitrogens with two attached hydrogens (primary N) is 1. The van der Waals surface area contributed by atoms with Crippen LogP contribution < -0.4 is 10.5 Å². The maximum absolute atomic E-state index is 12.9. The summed E-state index contributed by atoms with van der Waals surface area (Å²) in [6.07, 6.45) is 4.87. The number of hydrogen-bond acceptors (Lipinski definition) is 5. The fourth-order valence-electron chi connectivity index (χ4n) is 3.36. The molecule has 0 saturated carbocycles. The largest absolute Gasteiger partial charge is 0.378 e. The first kappa shape index (κ1) is 19.5. The van der Waals surface area contributed by atoms with Crippen LogP contribution in [0.4, 0.5) is 5.69 Å². The van der Waals surface area contributed by atoms with Gasteiger partial charge in [0.1, 0.15) is 0 Å². The molecule has 27 heavy (non-hydrogen) atoms. The summed E-state index contributed by atoms with van der Waals surface area (Å²) < 4.78 is 27.9. The molecule has 1 saturated heterocycles. The Kier molecular flexibility index (Phi) is 5.93. The number of primary sulfonamides is 1. The summed E-state index contributed by atoms with van der Waals surface area (Å²) in [5.41, 5.74) is 0.458. The van der Waals surface area contributed by atoms with E-state index in [2.05, 4.69) is 5.32 Å². The van der Waals surface area contributed by atoms with Crippen molar-refractivity contribution < 1.29 is 22.7 Å². The highest BCUT2D eigenvalue weighted by molar-refractivity contribution is 7.89. The van der Waals surface area contributed by atoms with Crippen LogP contribution in [0.2, 0.25) is 0 Å². The molecule has 1 aromatic rings. The van der Waals surface area contributed by atoms with Crippen LogP contribution in [0, 0.1) is 11.8 Å². The van der Waals surface area contributed by atoms with Gasteiger partial charge < -0.3 is 15.0 Å². The van der Waals surface area contributed by atoms with E-state index in [1.54, 1.807) is 4.90 Å². The minimum atomic E-state index is -3.78. The van der Waals surface area contributed by atoms with E-state index in [9.17, 15) is 18.0 Å². The lowest BCUT2D eigenvalue weighted by atomic mass is 9.81. The average molecular weight is 393 g/mol. The van der Waals surface area contributed by atoms with Crippen molar-refractivity contribution in [1.82, 2.24) is 4.90 Å². The lowest BCUT2D eigenvalue weighted by Gasteiger charge is -2.34. The van der Waals surface area contributed by atoms with Crippen molar-refractivity contribution >= 4 is 27.5 Å². The van der Waals surface area contributed by atoms with Gasteiger partial charge in [-0.05, 0) is 37.1 Å². The van der Waals surface area contributed by atoms with Gasteiger partial charge in [0, 0.05) is 18.8 Å². The molecule has 0 bridgehead atoms. The summed E-state index contributed by atoms with van der Waals surface area (Å²) in [4.78, 5) is 27.3. The quantitative estimate of drug-likeness (QED) is 0.731. The number of carbonyl (C=O) groups is 2. The zero-order chi connectivity index (χ0) is 19.4. The highest BCUT2D eigenvalue weighted by Gasteiger charge is 2.36. The smallest absolute Gasteiger partial charge is 0.238 e. The maximum atomic E-state index is 12.9. The highest BCUT2D eigenvalue weighted by atomic mass is 32.2. The van der Waals surface area contributed by atoms with Gasteiger partial charge in [-0.1, -0.05) is 12.2 Å². The van der Waals surface area contributed by atoms with Gasteiger partial charge in [-0.15, -0.1) is 0 Å². The molecule has 0 unspecified atom stereocenters. The van der Waals surface area contributed by atoms with Crippen molar-refractivity contribution in [2.24, 2.45) is 17.0 Å². The molecule has 1 fully saturated rings. The van der Waals surface area contributed by atoms with E-state index in [1.807, 2.05) is 12.2 Å². The van der Waals surface area contributed by atoms with Crippen LogP contribution in [0.25, 0.3) is 0 Å². The first-order valence-electron chi connectivity index (χ1n) is 8.81. The normalized spacial score (nSPS) is 23.1. The molecule has 1 aromatic carbocycles. The Morgan fingerprint density at radius 2 is 1.63 bits per heavy atom. The molecule has 0 aromatic heterocycles. The first-order valence-corrected chi connectivity index (χ1v) is 10.4. The number of benzene rings is 1.